The zero-order chi connectivity index (χ0) is 12.0. The Labute approximate surface area is 97.5 Å². The van der Waals surface area contributed by atoms with Crippen molar-refractivity contribution in [2.45, 2.75) is 39.8 Å². The molecule has 0 N–H and O–H groups in total. The van der Waals surface area contributed by atoms with Gasteiger partial charge >= 0.3 is 0 Å². The van der Waals surface area contributed by atoms with E-state index in [1.807, 2.05) is 32.0 Å². The number of hydrogen-bond acceptors (Lipinski definition) is 3. The molecule has 0 aliphatic rings. The van der Waals surface area contributed by atoms with Crippen molar-refractivity contribution in [1.82, 2.24) is 9.88 Å². The molecule has 0 fully saturated rings. The number of carbonyl (C=O) groups is 1. The highest BCUT2D eigenvalue weighted by Gasteiger charge is 2.18. The van der Waals surface area contributed by atoms with Crippen LogP contribution in [0.25, 0.3) is 0 Å². The maximum Gasteiger partial charge on any atom is 0.149 e. The summed E-state index contributed by atoms with van der Waals surface area (Å²) in [6.45, 7) is 7.56. The van der Waals surface area contributed by atoms with Crippen molar-refractivity contribution in [1.29, 1.82) is 0 Å². The first-order valence-corrected chi connectivity index (χ1v) is 5.85. The van der Waals surface area contributed by atoms with Gasteiger partial charge in [0.05, 0.1) is 11.7 Å². The second-order valence-electron chi connectivity index (χ2n) is 3.88. The average Bonchev–Trinajstić information content (AvgIpc) is 2.35. The molecule has 88 valence electrons. The highest BCUT2D eigenvalue weighted by atomic mass is 16.1. The Balaban J connectivity index is 2.65. The number of ketones is 1. The quantitative estimate of drug-likeness (QED) is 0.737. The zero-order valence-corrected chi connectivity index (χ0v) is 10.3. The van der Waals surface area contributed by atoms with Gasteiger partial charge in [0.2, 0.25) is 0 Å². The lowest BCUT2D eigenvalue weighted by Crippen LogP contribution is -2.38. The first kappa shape index (κ1) is 12.8. The summed E-state index contributed by atoms with van der Waals surface area (Å²) in [5.74, 6) is 0.290. The van der Waals surface area contributed by atoms with Crippen LogP contribution in [0.1, 0.15) is 32.9 Å². The van der Waals surface area contributed by atoms with E-state index in [2.05, 4.69) is 16.8 Å². The van der Waals surface area contributed by atoms with E-state index in [0.29, 0.717) is 6.42 Å². The first-order chi connectivity index (χ1) is 7.69. The smallest absolute Gasteiger partial charge is 0.149 e. The molecule has 1 unspecified atom stereocenters. The maximum absolute atomic E-state index is 11.6. The Morgan fingerprint density at radius 2 is 2.19 bits per heavy atom. The molecule has 0 saturated carbocycles. The lowest BCUT2D eigenvalue weighted by Gasteiger charge is -2.26. The van der Waals surface area contributed by atoms with Gasteiger partial charge in [-0.15, -0.1) is 0 Å². The molecule has 1 heterocycles. The average molecular weight is 220 g/mol. The number of aromatic nitrogens is 1. The lowest BCUT2D eigenvalue weighted by molar-refractivity contribution is -0.123. The Bertz CT molecular complexity index is 324. The van der Waals surface area contributed by atoms with Crippen molar-refractivity contribution in [3.8, 4) is 0 Å². The Kier molecular flexibility index (Phi) is 5.12. The Morgan fingerprint density at radius 1 is 1.44 bits per heavy atom. The molecule has 1 aromatic rings. The molecule has 0 bridgehead atoms. The van der Waals surface area contributed by atoms with Gasteiger partial charge in [-0.2, -0.15) is 0 Å². The van der Waals surface area contributed by atoms with Crippen LogP contribution in [0.3, 0.4) is 0 Å². The van der Waals surface area contributed by atoms with Gasteiger partial charge in [0.25, 0.3) is 0 Å². The number of likely N-dealkylation sites (N-methyl/N-ethyl adjacent to an activating group) is 1. The predicted octanol–water partition coefficient (Wildman–Crippen LogP) is 2.27. The van der Waals surface area contributed by atoms with Crippen LogP contribution < -0.4 is 0 Å². The largest absolute Gasteiger partial charge is 0.298 e. The van der Waals surface area contributed by atoms with Crippen molar-refractivity contribution < 1.29 is 4.79 Å². The van der Waals surface area contributed by atoms with Gasteiger partial charge in [-0.3, -0.25) is 14.7 Å². The molecule has 1 atom stereocenters. The summed E-state index contributed by atoms with van der Waals surface area (Å²) in [4.78, 5) is 18.1. The summed E-state index contributed by atoms with van der Waals surface area (Å²) in [7, 11) is 0. The molecule has 3 heteroatoms. The number of rotatable bonds is 6. The molecule has 16 heavy (non-hydrogen) atoms. The monoisotopic (exact) mass is 220 g/mol. The summed E-state index contributed by atoms with van der Waals surface area (Å²) in [5.41, 5.74) is 1.01. The summed E-state index contributed by atoms with van der Waals surface area (Å²) >= 11 is 0. The summed E-state index contributed by atoms with van der Waals surface area (Å²) < 4.78 is 0. The van der Waals surface area contributed by atoms with Crippen molar-refractivity contribution in [3.63, 3.8) is 0 Å². The van der Waals surface area contributed by atoms with Crippen molar-refractivity contribution in [2.75, 3.05) is 6.54 Å². The van der Waals surface area contributed by atoms with Gasteiger partial charge in [-0.1, -0.05) is 19.9 Å². The van der Waals surface area contributed by atoms with E-state index in [0.717, 1.165) is 18.8 Å². The molecule has 0 amide bonds. The minimum Gasteiger partial charge on any atom is -0.298 e. The highest BCUT2D eigenvalue weighted by Crippen LogP contribution is 2.07. The molecule has 1 rings (SSSR count). The van der Waals surface area contributed by atoms with Gasteiger partial charge in [-0.05, 0) is 25.6 Å². The predicted molar refractivity (Wildman–Crippen MR) is 65.1 cm³/mol. The molecule has 0 aromatic carbocycles. The number of carbonyl (C=O) groups excluding carboxylic acids is 1. The second-order valence-corrected chi connectivity index (χ2v) is 3.88. The van der Waals surface area contributed by atoms with Crippen LogP contribution in [0, 0.1) is 0 Å². The zero-order valence-electron chi connectivity index (χ0n) is 10.3. The third-order valence-corrected chi connectivity index (χ3v) is 2.86. The number of Topliss-reactive ketones (excluding diaryl/α,β-unsaturated/α-hetero) is 1. The van der Waals surface area contributed by atoms with Crippen molar-refractivity contribution >= 4 is 5.78 Å². The van der Waals surface area contributed by atoms with Crippen LogP contribution in [0.5, 0.6) is 0 Å². The van der Waals surface area contributed by atoms with E-state index in [-0.39, 0.29) is 11.8 Å². The van der Waals surface area contributed by atoms with E-state index < -0.39 is 0 Å². The molecule has 0 aliphatic heterocycles. The number of nitrogens with zero attached hydrogens (tertiary/aromatic N) is 2. The van der Waals surface area contributed by atoms with Crippen LogP contribution in [0.15, 0.2) is 24.4 Å². The topological polar surface area (TPSA) is 33.2 Å². The summed E-state index contributed by atoms with van der Waals surface area (Å²) in [5, 5.41) is 0. The maximum atomic E-state index is 11.6. The standard InChI is InChI=1S/C13H20N2O/c1-4-13(16)11(3)15(5-2)10-12-8-6-7-9-14-12/h6-9,11H,4-5,10H2,1-3H3. The normalized spacial score (nSPS) is 12.8. The van der Waals surface area contributed by atoms with Gasteiger partial charge in [0.1, 0.15) is 5.78 Å². The van der Waals surface area contributed by atoms with E-state index in [9.17, 15) is 4.79 Å². The van der Waals surface area contributed by atoms with Crippen molar-refractivity contribution in [3.05, 3.63) is 30.1 Å². The van der Waals surface area contributed by atoms with Crippen LogP contribution in [0.4, 0.5) is 0 Å². The fourth-order valence-electron chi connectivity index (χ4n) is 1.72. The molecule has 0 aliphatic carbocycles. The van der Waals surface area contributed by atoms with Crippen molar-refractivity contribution in [2.24, 2.45) is 0 Å². The molecular weight excluding hydrogens is 200 g/mol. The third kappa shape index (κ3) is 3.42. The highest BCUT2D eigenvalue weighted by molar-refractivity contribution is 5.83. The molecule has 0 saturated heterocycles. The molecule has 1 aromatic heterocycles. The SMILES string of the molecule is CCC(=O)C(C)N(CC)Cc1ccccn1. The number of hydrogen-bond donors (Lipinski definition) is 0. The lowest BCUT2D eigenvalue weighted by atomic mass is 10.1. The van der Waals surface area contributed by atoms with Gasteiger partial charge in [0.15, 0.2) is 0 Å². The van der Waals surface area contributed by atoms with Crippen LogP contribution in [-0.2, 0) is 11.3 Å². The van der Waals surface area contributed by atoms with Crippen LogP contribution >= 0.6 is 0 Å². The summed E-state index contributed by atoms with van der Waals surface area (Å²) in [6.07, 6.45) is 2.38. The minimum absolute atomic E-state index is 0.0167. The molecule has 0 spiro atoms. The summed E-state index contributed by atoms with van der Waals surface area (Å²) in [6, 6.07) is 5.85. The van der Waals surface area contributed by atoms with Crippen LogP contribution in [0.2, 0.25) is 0 Å². The first-order valence-electron chi connectivity index (χ1n) is 5.85. The van der Waals surface area contributed by atoms with Crippen LogP contribution in [-0.4, -0.2) is 28.3 Å². The molecular formula is C13H20N2O. The Hall–Kier alpha value is -1.22. The minimum atomic E-state index is -0.0167. The molecule has 0 radical (unpaired) electrons. The van der Waals surface area contributed by atoms with E-state index >= 15 is 0 Å². The molecule has 3 nitrogen and oxygen atoms in total. The van der Waals surface area contributed by atoms with E-state index in [1.54, 1.807) is 6.20 Å². The Morgan fingerprint density at radius 3 is 2.69 bits per heavy atom. The van der Waals surface area contributed by atoms with Gasteiger partial charge in [-0.25, -0.2) is 0 Å². The number of pyridine rings is 1. The third-order valence-electron chi connectivity index (χ3n) is 2.86. The fraction of sp³-hybridized carbons (Fsp3) is 0.538. The second kappa shape index (κ2) is 6.38. The van der Waals surface area contributed by atoms with E-state index in [4.69, 9.17) is 0 Å². The van der Waals surface area contributed by atoms with E-state index in [1.165, 1.54) is 0 Å². The van der Waals surface area contributed by atoms with Gasteiger partial charge in [0, 0.05) is 19.2 Å². The van der Waals surface area contributed by atoms with Gasteiger partial charge < -0.3 is 0 Å². The fourth-order valence-corrected chi connectivity index (χ4v) is 1.72.